The minimum absolute atomic E-state index is 0.0360. The monoisotopic (exact) mass is 518 g/mol. The third kappa shape index (κ3) is 7.40. The maximum absolute atomic E-state index is 12.6. The number of carbonyl (C=O) groups is 1. The number of rotatable bonds is 10. The molecule has 3 N–H and O–H groups in total. The molecule has 8 heteroatoms. The first kappa shape index (κ1) is 26.8. The number of aliphatic hydroxyl groups is 1. The van der Waals surface area contributed by atoms with E-state index in [0.717, 1.165) is 65.8 Å². The number of morpholine rings is 1. The summed E-state index contributed by atoms with van der Waals surface area (Å²) in [5.74, 6) is -0.434. The lowest BCUT2D eigenvalue weighted by Crippen LogP contribution is -2.44. The molecule has 194 valence electrons. The molecule has 1 aliphatic heterocycles. The fourth-order valence-corrected chi connectivity index (χ4v) is 5.23. The van der Waals surface area contributed by atoms with Gasteiger partial charge in [0.25, 0.3) is 5.91 Å². The zero-order valence-corrected chi connectivity index (χ0v) is 22.2. The van der Waals surface area contributed by atoms with E-state index >= 15 is 0 Å². The number of fused-ring (bicyclic) bond motifs is 1. The second-order valence-electron chi connectivity index (χ2n) is 9.84. The number of ether oxygens (including phenoxy) is 1. The third-order valence-electron chi connectivity index (χ3n) is 6.45. The minimum atomic E-state index is -0.592. The van der Waals surface area contributed by atoms with E-state index in [2.05, 4.69) is 51.9 Å². The van der Waals surface area contributed by atoms with Crippen molar-refractivity contribution in [2.45, 2.75) is 25.8 Å². The Morgan fingerprint density at radius 1 is 1.16 bits per heavy atom. The molecule has 1 amide bonds. The van der Waals surface area contributed by atoms with Crippen molar-refractivity contribution in [2.75, 3.05) is 51.3 Å². The van der Waals surface area contributed by atoms with E-state index in [9.17, 15) is 15.2 Å². The van der Waals surface area contributed by atoms with E-state index in [1.165, 1.54) is 16.7 Å². The number of thiophene rings is 1. The standard InChI is InChI=1S/C29H34N4O3S/c1-29(2,9-14-34)32-28(35)24(20-30)19-26-7-8-27(37-26)23-4-3-22-18-25(6-5-21(22)17-23)31-10-11-33-12-15-36-16-13-33/h3-8,17-19,31,34H,9-16H2,1-2H3,(H,32,35)/b24-19+. The molecule has 0 saturated carbocycles. The number of anilines is 1. The van der Waals surface area contributed by atoms with Crippen molar-refractivity contribution in [3.63, 3.8) is 0 Å². The van der Waals surface area contributed by atoms with Crippen LogP contribution in [0.1, 0.15) is 25.1 Å². The molecular formula is C29H34N4O3S. The highest BCUT2D eigenvalue weighted by Crippen LogP contribution is 2.32. The van der Waals surface area contributed by atoms with Gasteiger partial charge < -0.3 is 20.5 Å². The molecule has 0 atom stereocenters. The van der Waals surface area contributed by atoms with Crippen LogP contribution >= 0.6 is 11.3 Å². The predicted molar refractivity (Wildman–Crippen MR) is 151 cm³/mol. The number of benzene rings is 2. The summed E-state index contributed by atoms with van der Waals surface area (Å²) in [7, 11) is 0. The van der Waals surface area contributed by atoms with Crippen molar-refractivity contribution in [1.82, 2.24) is 10.2 Å². The van der Waals surface area contributed by atoms with Gasteiger partial charge >= 0.3 is 0 Å². The molecule has 1 fully saturated rings. The van der Waals surface area contributed by atoms with Gasteiger partial charge in [-0.3, -0.25) is 9.69 Å². The minimum Gasteiger partial charge on any atom is -0.396 e. The van der Waals surface area contributed by atoms with Crippen molar-refractivity contribution in [3.8, 4) is 16.5 Å². The molecule has 7 nitrogen and oxygen atoms in total. The van der Waals surface area contributed by atoms with Crippen LogP contribution in [0.4, 0.5) is 5.69 Å². The molecule has 4 rings (SSSR count). The normalized spacial score (nSPS) is 14.9. The molecule has 2 aromatic carbocycles. The lowest BCUT2D eigenvalue weighted by Gasteiger charge is -2.26. The number of nitrogens with one attached hydrogen (secondary N) is 2. The van der Waals surface area contributed by atoms with Crippen LogP contribution in [-0.2, 0) is 9.53 Å². The number of nitrogens with zero attached hydrogens (tertiary/aromatic N) is 2. The topological polar surface area (TPSA) is 97.6 Å². The first-order chi connectivity index (χ1) is 17.9. The van der Waals surface area contributed by atoms with Crippen LogP contribution < -0.4 is 10.6 Å². The Balaban J connectivity index is 1.42. The van der Waals surface area contributed by atoms with Crippen molar-refractivity contribution in [1.29, 1.82) is 5.26 Å². The van der Waals surface area contributed by atoms with Crippen molar-refractivity contribution in [3.05, 3.63) is 59.0 Å². The molecule has 0 spiro atoms. The van der Waals surface area contributed by atoms with E-state index in [4.69, 9.17) is 4.74 Å². The highest BCUT2D eigenvalue weighted by molar-refractivity contribution is 7.16. The van der Waals surface area contributed by atoms with E-state index in [1.807, 2.05) is 32.0 Å². The Morgan fingerprint density at radius 2 is 1.92 bits per heavy atom. The number of aliphatic hydroxyl groups excluding tert-OH is 1. The van der Waals surface area contributed by atoms with Gasteiger partial charge in [0.2, 0.25) is 0 Å². The van der Waals surface area contributed by atoms with Gasteiger partial charge in [-0.1, -0.05) is 18.2 Å². The van der Waals surface area contributed by atoms with Crippen LogP contribution in [0.3, 0.4) is 0 Å². The second-order valence-corrected chi connectivity index (χ2v) is 11.0. The van der Waals surface area contributed by atoms with Gasteiger partial charge in [0.1, 0.15) is 11.6 Å². The lowest BCUT2D eigenvalue weighted by molar-refractivity contribution is -0.118. The molecule has 1 saturated heterocycles. The molecule has 0 unspecified atom stereocenters. The highest BCUT2D eigenvalue weighted by Gasteiger charge is 2.22. The number of amides is 1. The molecule has 1 aromatic heterocycles. The molecule has 1 aliphatic rings. The third-order valence-corrected chi connectivity index (χ3v) is 7.53. The first-order valence-corrected chi connectivity index (χ1v) is 13.4. The molecule has 0 aliphatic carbocycles. The van der Waals surface area contributed by atoms with Crippen molar-refractivity contribution < 1.29 is 14.6 Å². The summed E-state index contributed by atoms with van der Waals surface area (Å²) >= 11 is 1.54. The zero-order chi connectivity index (χ0) is 26.3. The summed E-state index contributed by atoms with van der Waals surface area (Å²) < 4.78 is 5.41. The van der Waals surface area contributed by atoms with E-state index in [-0.39, 0.29) is 12.2 Å². The SMILES string of the molecule is CC(C)(CCO)NC(=O)/C(C#N)=C/c1ccc(-c2ccc3cc(NCCN4CCOCC4)ccc3c2)s1. The summed E-state index contributed by atoms with van der Waals surface area (Å²) in [6.07, 6.45) is 2.03. The fourth-order valence-electron chi connectivity index (χ4n) is 4.29. The van der Waals surface area contributed by atoms with Gasteiger partial charge in [-0.25, -0.2) is 0 Å². The molecule has 3 aromatic rings. The maximum atomic E-state index is 12.6. The van der Waals surface area contributed by atoms with Gasteiger partial charge in [-0.15, -0.1) is 11.3 Å². The number of carbonyl (C=O) groups excluding carboxylic acids is 1. The maximum Gasteiger partial charge on any atom is 0.262 e. The molecule has 37 heavy (non-hydrogen) atoms. The summed E-state index contributed by atoms with van der Waals surface area (Å²) in [6.45, 7) is 9.14. The Bertz CT molecular complexity index is 1300. The average Bonchev–Trinajstić information content (AvgIpc) is 3.36. The van der Waals surface area contributed by atoms with Gasteiger partial charge in [-0.2, -0.15) is 5.26 Å². The van der Waals surface area contributed by atoms with Crippen LogP contribution in [0.25, 0.3) is 27.3 Å². The van der Waals surface area contributed by atoms with Crippen LogP contribution in [-0.4, -0.2) is 67.5 Å². The van der Waals surface area contributed by atoms with E-state index < -0.39 is 11.4 Å². The molecule has 2 heterocycles. The van der Waals surface area contributed by atoms with Crippen molar-refractivity contribution in [2.24, 2.45) is 0 Å². The first-order valence-electron chi connectivity index (χ1n) is 12.6. The van der Waals surface area contributed by atoms with Gasteiger partial charge in [0.15, 0.2) is 0 Å². The summed E-state index contributed by atoms with van der Waals surface area (Å²) in [5.41, 5.74) is 1.66. The second kappa shape index (κ2) is 12.3. The van der Waals surface area contributed by atoms with Crippen LogP contribution in [0.5, 0.6) is 0 Å². The predicted octanol–water partition coefficient (Wildman–Crippen LogP) is 4.50. The Morgan fingerprint density at radius 3 is 2.68 bits per heavy atom. The van der Waals surface area contributed by atoms with Gasteiger partial charge in [-0.05, 0) is 73.0 Å². The number of hydrogen-bond donors (Lipinski definition) is 3. The van der Waals surface area contributed by atoms with E-state index in [0.29, 0.717) is 6.42 Å². The highest BCUT2D eigenvalue weighted by atomic mass is 32.1. The van der Waals surface area contributed by atoms with Crippen LogP contribution in [0.15, 0.2) is 54.1 Å². The average molecular weight is 519 g/mol. The smallest absolute Gasteiger partial charge is 0.262 e. The zero-order valence-electron chi connectivity index (χ0n) is 21.4. The number of hydrogen-bond acceptors (Lipinski definition) is 7. The summed E-state index contributed by atoms with van der Waals surface area (Å²) in [6, 6.07) is 18.8. The van der Waals surface area contributed by atoms with Gasteiger partial charge in [0.05, 0.1) is 13.2 Å². The molecule has 0 bridgehead atoms. The summed E-state index contributed by atoms with van der Waals surface area (Å²) in [5, 5.41) is 27.4. The Kier molecular flexibility index (Phi) is 8.95. The quantitative estimate of drug-likeness (QED) is 0.270. The Labute approximate surface area is 222 Å². The number of nitriles is 1. The van der Waals surface area contributed by atoms with Crippen LogP contribution in [0.2, 0.25) is 0 Å². The summed E-state index contributed by atoms with van der Waals surface area (Å²) in [4.78, 5) is 16.9. The largest absolute Gasteiger partial charge is 0.396 e. The lowest BCUT2D eigenvalue weighted by atomic mass is 10.0. The molecule has 0 radical (unpaired) electrons. The molecular weight excluding hydrogens is 484 g/mol. The van der Waals surface area contributed by atoms with Gasteiger partial charge in [0, 0.05) is 53.8 Å². The van der Waals surface area contributed by atoms with Crippen LogP contribution in [0, 0.1) is 11.3 Å². The Hall–Kier alpha value is -3.22. The van der Waals surface area contributed by atoms with Crippen molar-refractivity contribution >= 4 is 39.8 Å². The van der Waals surface area contributed by atoms with E-state index in [1.54, 1.807) is 6.08 Å². The fraction of sp³-hybridized carbons (Fsp3) is 0.379.